The van der Waals surface area contributed by atoms with E-state index < -0.39 is 9.84 Å². The lowest BCUT2D eigenvalue weighted by Gasteiger charge is -1.99. The molecule has 0 saturated heterocycles. The van der Waals surface area contributed by atoms with E-state index in [-0.39, 0.29) is 4.90 Å². The molecule has 102 valence electrons. The van der Waals surface area contributed by atoms with Crippen LogP contribution in [0.1, 0.15) is 0 Å². The monoisotopic (exact) mass is 307 g/mol. The van der Waals surface area contributed by atoms with Gasteiger partial charge in [0.2, 0.25) is 0 Å². The van der Waals surface area contributed by atoms with Gasteiger partial charge >= 0.3 is 0 Å². The number of fused-ring (bicyclic) bond motifs is 1. The van der Waals surface area contributed by atoms with Gasteiger partial charge < -0.3 is 4.98 Å². The molecule has 0 aliphatic carbocycles. The van der Waals surface area contributed by atoms with Crippen molar-refractivity contribution in [2.75, 3.05) is 6.26 Å². The van der Waals surface area contributed by atoms with Crippen LogP contribution in [0.2, 0.25) is 5.02 Å². The summed E-state index contributed by atoms with van der Waals surface area (Å²) in [5.74, 6) is 0.598. The Morgan fingerprint density at radius 2 is 1.85 bits per heavy atom. The van der Waals surface area contributed by atoms with E-state index >= 15 is 0 Å². The fourth-order valence-electron chi connectivity index (χ4n) is 1.88. The molecule has 2 heterocycles. The van der Waals surface area contributed by atoms with Crippen LogP contribution in [-0.2, 0) is 9.84 Å². The lowest BCUT2D eigenvalue weighted by Crippen LogP contribution is -1.96. The van der Waals surface area contributed by atoms with Crippen molar-refractivity contribution in [1.29, 1.82) is 0 Å². The van der Waals surface area contributed by atoms with Crippen LogP contribution in [0, 0.1) is 0 Å². The summed E-state index contributed by atoms with van der Waals surface area (Å²) in [5, 5.41) is 0.543. The molecule has 0 atom stereocenters. The van der Waals surface area contributed by atoms with Crippen LogP contribution in [0.15, 0.2) is 41.4 Å². The van der Waals surface area contributed by atoms with E-state index in [9.17, 15) is 8.42 Å². The Balaban J connectivity index is 2.09. The molecule has 5 nitrogen and oxygen atoms in total. The number of halogens is 1. The maximum atomic E-state index is 11.4. The van der Waals surface area contributed by atoms with Gasteiger partial charge in [-0.3, -0.25) is 0 Å². The van der Waals surface area contributed by atoms with E-state index in [0.717, 1.165) is 5.56 Å². The van der Waals surface area contributed by atoms with Crippen LogP contribution in [0.3, 0.4) is 0 Å². The van der Waals surface area contributed by atoms with Crippen molar-refractivity contribution >= 4 is 32.6 Å². The number of imidazole rings is 1. The fourth-order valence-corrected chi connectivity index (χ4v) is 2.70. The van der Waals surface area contributed by atoms with Gasteiger partial charge in [-0.2, -0.15) is 0 Å². The average molecular weight is 308 g/mol. The van der Waals surface area contributed by atoms with Gasteiger partial charge in [-0.25, -0.2) is 18.4 Å². The summed E-state index contributed by atoms with van der Waals surface area (Å²) >= 11 is 6.05. The number of sulfone groups is 1. The second-order valence-corrected chi connectivity index (χ2v) is 6.80. The molecule has 0 radical (unpaired) electrons. The molecule has 0 aliphatic rings. The smallest absolute Gasteiger partial charge is 0.179 e. The first-order valence-corrected chi connectivity index (χ1v) is 8.03. The van der Waals surface area contributed by atoms with E-state index in [2.05, 4.69) is 15.0 Å². The zero-order chi connectivity index (χ0) is 14.3. The predicted molar refractivity (Wildman–Crippen MR) is 77.4 cm³/mol. The molecule has 0 unspecified atom stereocenters. The van der Waals surface area contributed by atoms with Gasteiger partial charge in [-0.1, -0.05) is 11.6 Å². The Labute approximate surface area is 120 Å². The van der Waals surface area contributed by atoms with Crippen LogP contribution >= 0.6 is 11.6 Å². The first-order chi connectivity index (χ1) is 9.45. The molecule has 7 heteroatoms. The van der Waals surface area contributed by atoms with Crippen LogP contribution in [-0.4, -0.2) is 29.6 Å². The average Bonchev–Trinajstić information content (AvgIpc) is 2.83. The Morgan fingerprint density at radius 1 is 1.15 bits per heavy atom. The minimum absolute atomic E-state index is 0.272. The number of pyridine rings is 1. The maximum Gasteiger partial charge on any atom is 0.179 e. The van der Waals surface area contributed by atoms with E-state index in [4.69, 9.17) is 11.6 Å². The van der Waals surface area contributed by atoms with Crippen LogP contribution in [0.4, 0.5) is 0 Å². The third kappa shape index (κ3) is 2.28. The number of nitrogens with one attached hydrogen (secondary N) is 1. The Morgan fingerprint density at radius 3 is 2.45 bits per heavy atom. The van der Waals surface area contributed by atoms with Crippen molar-refractivity contribution in [3.05, 3.63) is 41.6 Å². The topological polar surface area (TPSA) is 75.7 Å². The van der Waals surface area contributed by atoms with Gasteiger partial charge in [0.1, 0.15) is 11.3 Å². The quantitative estimate of drug-likeness (QED) is 0.789. The number of aromatic nitrogens is 3. The molecule has 20 heavy (non-hydrogen) atoms. The van der Waals surface area contributed by atoms with Crippen LogP contribution in [0.5, 0.6) is 0 Å². The van der Waals surface area contributed by atoms with E-state index in [1.165, 1.54) is 6.26 Å². The SMILES string of the molecule is CS(=O)(=O)c1ccc(-c2nc3nccc(Cl)c3[nH]2)cc1. The minimum Gasteiger partial charge on any atom is -0.335 e. The number of H-pyrrole nitrogens is 1. The third-order valence-electron chi connectivity index (χ3n) is 2.90. The number of hydrogen-bond donors (Lipinski definition) is 1. The molecule has 1 N–H and O–H groups in total. The highest BCUT2D eigenvalue weighted by Crippen LogP contribution is 2.24. The summed E-state index contributed by atoms with van der Waals surface area (Å²) < 4.78 is 22.8. The Hall–Kier alpha value is -1.92. The summed E-state index contributed by atoms with van der Waals surface area (Å²) in [7, 11) is -3.20. The highest BCUT2D eigenvalue weighted by atomic mass is 35.5. The number of nitrogens with zero attached hydrogens (tertiary/aromatic N) is 2. The Kier molecular flexibility index (Phi) is 2.99. The molecule has 0 bridgehead atoms. The summed E-state index contributed by atoms with van der Waals surface area (Å²) in [4.78, 5) is 11.8. The van der Waals surface area contributed by atoms with Gasteiger partial charge in [0.25, 0.3) is 0 Å². The molecule has 0 aliphatic heterocycles. The van der Waals surface area contributed by atoms with E-state index in [1.807, 2.05) is 0 Å². The van der Waals surface area contributed by atoms with Crippen molar-refractivity contribution < 1.29 is 8.42 Å². The zero-order valence-corrected chi connectivity index (χ0v) is 12.0. The summed E-state index contributed by atoms with van der Waals surface area (Å²) in [5.41, 5.74) is 1.96. The van der Waals surface area contributed by atoms with Gasteiger partial charge in [0, 0.05) is 18.0 Å². The van der Waals surface area contributed by atoms with Gasteiger partial charge in [0.15, 0.2) is 15.5 Å². The zero-order valence-electron chi connectivity index (χ0n) is 10.5. The number of hydrogen-bond acceptors (Lipinski definition) is 4. The van der Waals surface area contributed by atoms with Crippen molar-refractivity contribution in [2.45, 2.75) is 4.90 Å². The molecular formula is C13H10ClN3O2S. The fraction of sp³-hybridized carbons (Fsp3) is 0.0769. The Bertz CT molecular complexity index is 886. The number of aromatic amines is 1. The highest BCUT2D eigenvalue weighted by molar-refractivity contribution is 7.90. The van der Waals surface area contributed by atoms with Crippen molar-refractivity contribution in [1.82, 2.24) is 15.0 Å². The molecule has 0 amide bonds. The maximum absolute atomic E-state index is 11.4. The standard InChI is InChI=1S/C13H10ClN3O2S/c1-20(18,19)9-4-2-8(3-5-9)12-16-11-10(14)6-7-15-13(11)17-12/h2-7H,1H3,(H,15,16,17). The lowest BCUT2D eigenvalue weighted by atomic mass is 10.2. The molecule has 1 aromatic carbocycles. The van der Waals surface area contributed by atoms with Crippen LogP contribution < -0.4 is 0 Å². The van der Waals surface area contributed by atoms with E-state index in [1.54, 1.807) is 36.5 Å². The third-order valence-corrected chi connectivity index (χ3v) is 4.34. The van der Waals surface area contributed by atoms with Crippen molar-refractivity contribution in [3.63, 3.8) is 0 Å². The second-order valence-electron chi connectivity index (χ2n) is 4.37. The van der Waals surface area contributed by atoms with Gasteiger partial charge in [0.05, 0.1) is 9.92 Å². The van der Waals surface area contributed by atoms with E-state index in [0.29, 0.717) is 22.0 Å². The minimum atomic E-state index is -3.20. The summed E-state index contributed by atoms with van der Waals surface area (Å²) in [6, 6.07) is 8.17. The number of rotatable bonds is 2. The molecule has 0 spiro atoms. The molecular weight excluding hydrogens is 298 g/mol. The first kappa shape index (κ1) is 13.1. The summed E-state index contributed by atoms with van der Waals surface area (Å²) in [6.07, 6.45) is 2.76. The van der Waals surface area contributed by atoms with Crippen molar-refractivity contribution in [2.24, 2.45) is 0 Å². The largest absolute Gasteiger partial charge is 0.335 e. The molecule has 2 aromatic heterocycles. The summed E-state index contributed by atoms with van der Waals surface area (Å²) in [6.45, 7) is 0. The molecule has 0 saturated carbocycles. The van der Waals surface area contributed by atoms with Gasteiger partial charge in [-0.05, 0) is 30.3 Å². The number of benzene rings is 1. The second kappa shape index (κ2) is 4.57. The first-order valence-electron chi connectivity index (χ1n) is 5.76. The normalized spacial score (nSPS) is 11.9. The highest BCUT2D eigenvalue weighted by Gasteiger charge is 2.10. The predicted octanol–water partition coefficient (Wildman–Crippen LogP) is 2.68. The van der Waals surface area contributed by atoms with Crippen molar-refractivity contribution in [3.8, 4) is 11.4 Å². The molecule has 0 fully saturated rings. The van der Waals surface area contributed by atoms with Gasteiger partial charge in [-0.15, -0.1) is 0 Å². The van der Waals surface area contributed by atoms with Crippen LogP contribution in [0.25, 0.3) is 22.6 Å². The molecule has 3 aromatic rings. The lowest BCUT2D eigenvalue weighted by molar-refractivity contribution is 0.602. The molecule has 3 rings (SSSR count).